The third-order valence-corrected chi connectivity index (χ3v) is 6.27. The van der Waals surface area contributed by atoms with Crippen LogP contribution in [0.4, 0.5) is 0 Å². The number of aliphatic hydroxyl groups is 1. The summed E-state index contributed by atoms with van der Waals surface area (Å²) in [5, 5.41) is 20.2. The first-order chi connectivity index (χ1) is 14.2. The van der Waals surface area contributed by atoms with Crippen LogP contribution < -0.4 is 0 Å². The summed E-state index contributed by atoms with van der Waals surface area (Å²) in [6.07, 6.45) is -4.91. The fraction of sp³-hybridized carbons (Fsp3) is 0.500. The fourth-order valence-corrected chi connectivity index (χ4v) is 4.74. The van der Waals surface area contributed by atoms with Gasteiger partial charge in [-0.1, -0.05) is 0 Å². The molecule has 3 heterocycles. The van der Waals surface area contributed by atoms with Gasteiger partial charge < -0.3 is 29.6 Å². The number of rotatable bonds is 8. The largest absolute Gasteiger partial charge is 0.492 e. The van der Waals surface area contributed by atoms with Crippen LogP contribution in [0.25, 0.3) is 11.2 Å². The smallest absolute Gasteiger partial charge is 0.488 e. The van der Waals surface area contributed by atoms with Crippen LogP contribution in [0.3, 0.4) is 0 Å². The molecule has 0 spiro atoms. The molecule has 1 saturated heterocycles. The topological polar surface area (TPSA) is 270 Å². The van der Waals surface area contributed by atoms with E-state index in [0.29, 0.717) is 0 Å². The molecule has 6 N–H and O–H groups in total. The van der Waals surface area contributed by atoms with Crippen molar-refractivity contribution in [3.8, 4) is 5.88 Å². The maximum atomic E-state index is 11.6. The van der Waals surface area contributed by atoms with Gasteiger partial charge in [0.15, 0.2) is 17.4 Å². The van der Waals surface area contributed by atoms with Gasteiger partial charge in [0.2, 0.25) is 5.88 Å². The second kappa shape index (κ2) is 8.39. The molecule has 1 fully saturated rings. The predicted octanol–water partition coefficient (Wildman–Crippen LogP) is -1.80. The second-order valence-electron chi connectivity index (χ2n) is 5.90. The summed E-state index contributed by atoms with van der Waals surface area (Å²) in [5.74, 6) is -0.511. The number of imidazole rings is 1. The Morgan fingerprint density at radius 3 is 2.48 bits per heavy atom. The van der Waals surface area contributed by atoms with E-state index >= 15 is 0 Å². The van der Waals surface area contributed by atoms with E-state index in [1.165, 1.54) is 0 Å². The predicted molar refractivity (Wildman–Crippen MR) is 92.2 cm³/mol. The summed E-state index contributed by atoms with van der Waals surface area (Å²) in [7, 11) is -16.0. The zero-order valence-electron chi connectivity index (χ0n) is 14.7. The lowest BCUT2D eigenvalue weighted by Crippen LogP contribution is -2.35. The lowest BCUT2D eigenvalue weighted by molar-refractivity contribution is -0.0499. The van der Waals surface area contributed by atoms with E-state index in [2.05, 4.69) is 28.0 Å². The fourth-order valence-electron chi connectivity index (χ4n) is 2.71. The molecule has 0 bridgehead atoms. The maximum Gasteiger partial charge on any atom is 0.488 e. The van der Waals surface area contributed by atoms with Gasteiger partial charge in [-0.05, 0) is 0 Å². The quantitative estimate of drug-likeness (QED) is 0.169. The third kappa shape index (κ3) is 5.80. The second-order valence-corrected chi connectivity index (χ2v) is 9.74. The van der Waals surface area contributed by atoms with Crippen molar-refractivity contribution in [2.75, 3.05) is 6.61 Å². The minimum absolute atomic E-state index is 0.0596. The molecule has 0 amide bonds. The summed E-state index contributed by atoms with van der Waals surface area (Å²) in [6, 6.07) is 0. The Bertz CT molecular complexity index is 1170. The summed E-state index contributed by atoms with van der Waals surface area (Å²) in [5.41, 5.74) is -0.164. The van der Waals surface area contributed by atoms with Crippen molar-refractivity contribution in [2.45, 2.75) is 24.5 Å². The highest BCUT2D eigenvalue weighted by atomic mass is 32.3. The molecule has 5 atom stereocenters. The lowest BCUT2D eigenvalue weighted by atomic mass is 10.1. The van der Waals surface area contributed by atoms with Gasteiger partial charge in [0, 0.05) is 0 Å². The molecular formula is C10H14N4O14P2S. The molecule has 2 aromatic rings. The van der Waals surface area contributed by atoms with E-state index in [0.717, 1.165) is 17.2 Å². The van der Waals surface area contributed by atoms with Gasteiger partial charge in [0.1, 0.15) is 24.6 Å². The Morgan fingerprint density at radius 2 is 1.87 bits per heavy atom. The molecule has 0 saturated carbocycles. The highest BCUT2D eigenvalue weighted by molar-refractivity contribution is 7.85. The number of phosphoric ester groups is 2. The summed E-state index contributed by atoms with van der Waals surface area (Å²) in [6.45, 7) is -1.09. The van der Waals surface area contributed by atoms with Gasteiger partial charge in [-0.15, -0.1) is 3.97 Å². The van der Waals surface area contributed by atoms with Crippen LogP contribution >= 0.6 is 15.6 Å². The number of hydrogen-bond donors (Lipinski definition) is 6. The molecule has 1 aliphatic heterocycles. The van der Waals surface area contributed by atoms with Gasteiger partial charge in [-0.2, -0.15) is 13.4 Å². The molecule has 18 nitrogen and oxygen atoms in total. The molecule has 0 radical (unpaired) electrons. The van der Waals surface area contributed by atoms with E-state index < -0.39 is 63.1 Å². The van der Waals surface area contributed by atoms with E-state index in [9.17, 15) is 32.7 Å². The molecule has 174 valence electrons. The Morgan fingerprint density at radius 1 is 1.19 bits per heavy atom. The highest BCUT2D eigenvalue weighted by Crippen LogP contribution is 2.48. The van der Waals surface area contributed by atoms with Crippen LogP contribution in [0.15, 0.2) is 12.7 Å². The maximum absolute atomic E-state index is 11.6. The number of fused-ring (bicyclic) bond motifs is 1. The summed E-state index contributed by atoms with van der Waals surface area (Å²) < 4.78 is 71.2. The summed E-state index contributed by atoms with van der Waals surface area (Å²) in [4.78, 5) is 38.7. The standard InChI is InChI=1S/C10H14N4O14P2S/c15-6-7(27-29(17,18)19)4(1-25-30(20,21)28-31(22,23)24)26-10(6)14-3-13-5-8(14)11-2-12-9(5)16/h2-4,6-7,10,15H,1H2,(H,20,21)(H,11,12,16)(H2,17,18,19)(H,22,23,24)/t4-,6-,7-,10-/m1/s1. The highest BCUT2D eigenvalue weighted by Gasteiger charge is 2.49. The van der Waals surface area contributed by atoms with Crippen molar-refractivity contribution in [3.63, 3.8) is 0 Å². The van der Waals surface area contributed by atoms with Gasteiger partial charge in [-0.25, -0.2) is 19.1 Å². The van der Waals surface area contributed by atoms with Crippen LogP contribution in [-0.4, -0.2) is 82.3 Å². The number of nitrogens with zero attached hydrogens (tertiary/aromatic N) is 4. The van der Waals surface area contributed by atoms with Crippen molar-refractivity contribution in [2.24, 2.45) is 0 Å². The minimum Gasteiger partial charge on any atom is -0.492 e. The molecule has 1 unspecified atom stereocenters. The van der Waals surface area contributed by atoms with E-state index in [4.69, 9.17) is 19.1 Å². The molecular weight excluding hydrogens is 494 g/mol. The van der Waals surface area contributed by atoms with Gasteiger partial charge in [0.05, 0.1) is 12.9 Å². The Kier molecular flexibility index (Phi) is 6.51. The Balaban J connectivity index is 1.88. The molecule has 2 aromatic heterocycles. The number of aromatic hydroxyl groups is 1. The van der Waals surface area contributed by atoms with Crippen LogP contribution in [0.1, 0.15) is 6.23 Å². The molecule has 3 rings (SSSR count). The van der Waals surface area contributed by atoms with Crippen molar-refractivity contribution in [3.05, 3.63) is 12.7 Å². The van der Waals surface area contributed by atoms with E-state index in [-0.39, 0.29) is 11.2 Å². The van der Waals surface area contributed by atoms with Crippen molar-refractivity contribution >= 4 is 37.2 Å². The Hall–Kier alpha value is -1.60. The first-order valence-electron chi connectivity index (χ1n) is 7.77. The zero-order valence-corrected chi connectivity index (χ0v) is 17.3. The Labute approximate surface area is 171 Å². The van der Waals surface area contributed by atoms with Crippen molar-refractivity contribution in [1.29, 1.82) is 0 Å². The van der Waals surface area contributed by atoms with Crippen LogP contribution in [0.2, 0.25) is 0 Å². The average Bonchev–Trinajstić information content (AvgIpc) is 3.13. The molecule has 31 heavy (non-hydrogen) atoms. The zero-order chi connectivity index (χ0) is 23.2. The average molecular weight is 508 g/mol. The van der Waals surface area contributed by atoms with E-state index in [1.54, 1.807) is 0 Å². The number of hydrogen-bond acceptors (Lipinski definition) is 13. The van der Waals surface area contributed by atoms with Crippen LogP contribution in [-0.2, 0) is 37.3 Å². The number of ether oxygens (including phenoxy) is 1. The number of phosphoric acid groups is 2. The lowest BCUT2D eigenvalue weighted by Gasteiger charge is -2.21. The van der Waals surface area contributed by atoms with Crippen molar-refractivity contribution in [1.82, 2.24) is 19.5 Å². The van der Waals surface area contributed by atoms with Crippen molar-refractivity contribution < 1.29 is 64.7 Å². The number of aliphatic hydroxyl groups excluding tert-OH is 1. The van der Waals surface area contributed by atoms with Crippen LogP contribution in [0.5, 0.6) is 5.88 Å². The van der Waals surface area contributed by atoms with Gasteiger partial charge in [-0.3, -0.25) is 18.2 Å². The molecule has 0 aromatic carbocycles. The minimum atomic E-state index is -5.41. The van der Waals surface area contributed by atoms with E-state index in [1.807, 2.05) is 0 Å². The van der Waals surface area contributed by atoms with Crippen LogP contribution in [0, 0.1) is 0 Å². The molecule has 0 aliphatic carbocycles. The molecule has 1 aliphatic rings. The van der Waals surface area contributed by atoms with Gasteiger partial charge in [0.25, 0.3) is 0 Å². The monoisotopic (exact) mass is 508 g/mol. The summed E-state index contributed by atoms with van der Waals surface area (Å²) >= 11 is 0. The first kappa shape index (κ1) is 24.1. The normalized spacial score (nSPS) is 26.9. The SMILES string of the molecule is O=P(O)(O)O[C@H]1[C@@H](O)[C@H](n2cnc3c(O)ncnc32)O[C@@H]1COP(=O)(O)OS(=O)(=O)O. The molecule has 21 heteroatoms. The number of aromatic nitrogens is 4. The third-order valence-electron chi connectivity index (χ3n) is 3.77. The van der Waals surface area contributed by atoms with Gasteiger partial charge >= 0.3 is 26.0 Å². The first-order valence-corrected chi connectivity index (χ1v) is 12.2.